The maximum absolute atomic E-state index is 13.9. The molecule has 0 aliphatic carbocycles. The molecule has 3 aliphatic heterocycles. The average molecular weight is 472 g/mol. The first kappa shape index (κ1) is 24.7. The monoisotopic (exact) mass is 471 g/mol. The lowest BCUT2D eigenvalue weighted by atomic mass is 9.65. The summed E-state index contributed by atoms with van der Waals surface area (Å²) in [7, 11) is 0. The molecule has 1 aromatic rings. The Morgan fingerprint density at radius 2 is 1.97 bits per heavy atom. The highest BCUT2D eigenvalue weighted by atomic mass is 16.5. The third-order valence-electron chi connectivity index (χ3n) is 8.09. The zero-order chi connectivity index (χ0) is 24.8. The second-order valence-electron chi connectivity index (χ2n) is 10.2. The number of hydrogen-bond acceptors (Lipinski definition) is 5. The molecule has 0 radical (unpaired) electrons. The summed E-state index contributed by atoms with van der Waals surface area (Å²) >= 11 is 0. The summed E-state index contributed by atoms with van der Waals surface area (Å²) in [5, 5.41) is 15.9. The normalized spacial score (nSPS) is 32.6. The van der Waals surface area contributed by atoms with Crippen molar-refractivity contribution in [2.75, 3.05) is 18.5 Å². The van der Waals surface area contributed by atoms with E-state index in [2.05, 4.69) is 10.6 Å². The van der Waals surface area contributed by atoms with Gasteiger partial charge in [-0.3, -0.25) is 14.4 Å². The average Bonchev–Trinajstić information content (AvgIpc) is 3.43. The van der Waals surface area contributed by atoms with Crippen LogP contribution >= 0.6 is 0 Å². The minimum Gasteiger partial charge on any atom is -0.394 e. The Bertz CT molecular complexity index is 997. The fraction of sp³-hybridized carbons (Fsp3) is 0.654. The van der Waals surface area contributed by atoms with Crippen molar-refractivity contribution in [1.82, 2.24) is 10.2 Å². The van der Waals surface area contributed by atoms with Crippen LogP contribution in [0.1, 0.15) is 57.6 Å². The molecule has 0 aromatic heterocycles. The van der Waals surface area contributed by atoms with Gasteiger partial charge in [0.1, 0.15) is 11.6 Å². The van der Waals surface area contributed by atoms with Crippen molar-refractivity contribution in [2.24, 2.45) is 11.8 Å². The molecule has 3 saturated heterocycles. The van der Waals surface area contributed by atoms with E-state index in [0.29, 0.717) is 31.5 Å². The van der Waals surface area contributed by atoms with Gasteiger partial charge in [-0.05, 0) is 63.6 Å². The highest BCUT2D eigenvalue weighted by molar-refractivity contribution is 6.04. The number of anilines is 1. The second kappa shape index (κ2) is 8.96. The smallest absolute Gasteiger partial charge is 0.250 e. The molecule has 186 valence electrons. The van der Waals surface area contributed by atoms with Crippen molar-refractivity contribution in [3.8, 4) is 0 Å². The first-order valence-electron chi connectivity index (χ1n) is 12.4. The third-order valence-corrected chi connectivity index (χ3v) is 8.09. The van der Waals surface area contributed by atoms with Gasteiger partial charge < -0.3 is 25.4 Å². The van der Waals surface area contributed by atoms with E-state index in [0.717, 1.165) is 17.5 Å². The van der Waals surface area contributed by atoms with E-state index >= 15 is 0 Å². The molecule has 3 N–H and O–H groups in total. The molecule has 0 saturated carbocycles. The second-order valence-corrected chi connectivity index (χ2v) is 10.2. The highest BCUT2D eigenvalue weighted by Gasteiger charge is 2.78. The maximum atomic E-state index is 13.9. The van der Waals surface area contributed by atoms with Crippen molar-refractivity contribution in [3.05, 3.63) is 29.3 Å². The number of benzene rings is 1. The van der Waals surface area contributed by atoms with Crippen LogP contribution in [0.4, 0.5) is 5.69 Å². The van der Waals surface area contributed by atoms with Gasteiger partial charge in [0.15, 0.2) is 0 Å². The Morgan fingerprint density at radius 1 is 1.24 bits per heavy atom. The van der Waals surface area contributed by atoms with Crippen LogP contribution in [-0.4, -0.2) is 64.2 Å². The number of carbonyl (C=O) groups is 3. The van der Waals surface area contributed by atoms with E-state index in [1.165, 1.54) is 4.90 Å². The molecule has 4 rings (SSSR count). The standard InChI is InChI=1S/C26H37N3O5/c1-6-12-27-22(31)19-20-24(33)29(17(5)14-30)21(26(20)11-10-25(19,7-2)34-26)23(32)28-18-13-15(3)8-9-16(18)4/h8-9,13,17,19-21,30H,6-7,10-12,14H2,1-5H3,(H,27,31)(H,28,32)/t17-,19+,20+,21?,25-,26?/m1/s1. The van der Waals surface area contributed by atoms with Gasteiger partial charge in [-0.1, -0.05) is 26.0 Å². The molecule has 2 bridgehead atoms. The van der Waals surface area contributed by atoms with Crippen LogP contribution in [-0.2, 0) is 19.1 Å². The molecular formula is C26H37N3O5. The van der Waals surface area contributed by atoms with Crippen LogP contribution in [0.25, 0.3) is 0 Å². The van der Waals surface area contributed by atoms with E-state index < -0.39 is 35.1 Å². The molecule has 8 heteroatoms. The molecule has 3 aliphatic rings. The van der Waals surface area contributed by atoms with E-state index in [9.17, 15) is 19.5 Å². The third kappa shape index (κ3) is 3.53. The lowest BCUT2D eigenvalue weighted by Gasteiger charge is -2.36. The Kier molecular flexibility index (Phi) is 6.50. The van der Waals surface area contributed by atoms with Crippen LogP contribution in [0.3, 0.4) is 0 Å². The predicted molar refractivity (Wildman–Crippen MR) is 128 cm³/mol. The molecule has 3 amide bonds. The number of nitrogens with zero attached hydrogens (tertiary/aromatic N) is 1. The largest absolute Gasteiger partial charge is 0.394 e. The van der Waals surface area contributed by atoms with Gasteiger partial charge >= 0.3 is 0 Å². The number of aliphatic hydroxyl groups is 1. The van der Waals surface area contributed by atoms with Crippen LogP contribution in [0.5, 0.6) is 0 Å². The van der Waals surface area contributed by atoms with Crippen molar-refractivity contribution in [2.45, 2.75) is 83.6 Å². The molecule has 34 heavy (non-hydrogen) atoms. The lowest BCUT2D eigenvalue weighted by Crippen LogP contribution is -2.56. The van der Waals surface area contributed by atoms with Crippen LogP contribution in [0.2, 0.25) is 0 Å². The van der Waals surface area contributed by atoms with Crippen molar-refractivity contribution in [1.29, 1.82) is 0 Å². The topological polar surface area (TPSA) is 108 Å². The number of aryl methyl sites for hydroxylation is 2. The summed E-state index contributed by atoms with van der Waals surface area (Å²) in [6, 6.07) is 4.31. The van der Waals surface area contributed by atoms with Gasteiger partial charge in [-0.2, -0.15) is 0 Å². The number of likely N-dealkylation sites (tertiary alicyclic amines) is 1. The first-order valence-corrected chi connectivity index (χ1v) is 12.4. The fourth-order valence-electron chi connectivity index (χ4n) is 6.35. The van der Waals surface area contributed by atoms with Crippen LogP contribution in [0, 0.1) is 25.7 Å². The first-order chi connectivity index (χ1) is 16.2. The molecule has 8 nitrogen and oxygen atoms in total. The summed E-state index contributed by atoms with van der Waals surface area (Å²) in [5.74, 6) is -2.21. The number of nitrogens with one attached hydrogen (secondary N) is 2. The fourth-order valence-corrected chi connectivity index (χ4v) is 6.35. The maximum Gasteiger partial charge on any atom is 0.250 e. The quantitative estimate of drug-likeness (QED) is 0.539. The van der Waals surface area contributed by atoms with Crippen molar-refractivity contribution < 1.29 is 24.2 Å². The summed E-state index contributed by atoms with van der Waals surface area (Å²) in [6.45, 7) is 9.79. The molecule has 6 atom stereocenters. The summed E-state index contributed by atoms with van der Waals surface area (Å²) in [4.78, 5) is 42.5. The Morgan fingerprint density at radius 3 is 2.62 bits per heavy atom. The zero-order valence-corrected chi connectivity index (χ0v) is 20.8. The van der Waals surface area contributed by atoms with Crippen molar-refractivity contribution >= 4 is 23.4 Å². The number of rotatable bonds is 8. The van der Waals surface area contributed by atoms with Crippen LogP contribution in [0.15, 0.2) is 18.2 Å². The van der Waals surface area contributed by atoms with Gasteiger partial charge in [0.25, 0.3) is 0 Å². The van der Waals surface area contributed by atoms with Crippen molar-refractivity contribution in [3.63, 3.8) is 0 Å². The molecule has 3 heterocycles. The molecule has 2 unspecified atom stereocenters. The number of carbonyl (C=O) groups excluding carboxylic acids is 3. The summed E-state index contributed by atoms with van der Waals surface area (Å²) < 4.78 is 6.69. The SMILES string of the molecule is CCCNC(=O)[C@@H]1[C@H]2C(=O)N([C@H](C)CO)C(C(=O)Nc3cc(C)ccc3C)C23CC[C@@]1(CC)O3. The number of hydrogen-bond donors (Lipinski definition) is 3. The molecule has 1 spiro atoms. The molecular weight excluding hydrogens is 434 g/mol. The molecule has 1 aromatic carbocycles. The zero-order valence-electron chi connectivity index (χ0n) is 20.8. The number of aliphatic hydroxyl groups excluding tert-OH is 1. The summed E-state index contributed by atoms with van der Waals surface area (Å²) in [5.41, 5.74) is 0.758. The minimum absolute atomic E-state index is 0.184. The highest BCUT2D eigenvalue weighted by Crippen LogP contribution is 2.64. The van der Waals surface area contributed by atoms with Gasteiger partial charge in [0, 0.05) is 12.2 Å². The predicted octanol–water partition coefficient (Wildman–Crippen LogP) is 2.30. The lowest BCUT2D eigenvalue weighted by molar-refractivity contribution is -0.148. The Labute approximate surface area is 201 Å². The van der Waals surface area contributed by atoms with E-state index in [4.69, 9.17) is 4.74 Å². The Hall–Kier alpha value is -2.45. The number of ether oxygens (including phenoxy) is 1. The summed E-state index contributed by atoms with van der Waals surface area (Å²) in [6.07, 6.45) is 2.51. The van der Waals surface area contributed by atoms with E-state index in [1.807, 2.05) is 45.9 Å². The number of fused-ring (bicyclic) bond motifs is 1. The Balaban J connectivity index is 1.77. The number of amides is 3. The van der Waals surface area contributed by atoms with Gasteiger partial charge in [-0.15, -0.1) is 0 Å². The van der Waals surface area contributed by atoms with E-state index in [1.54, 1.807) is 6.92 Å². The van der Waals surface area contributed by atoms with Gasteiger partial charge in [-0.25, -0.2) is 0 Å². The minimum atomic E-state index is -1.09. The molecule has 3 fully saturated rings. The van der Waals surface area contributed by atoms with Gasteiger partial charge in [0.2, 0.25) is 17.7 Å². The van der Waals surface area contributed by atoms with Gasteiger partial charge in [0.05, 0.1) is 30.1 Å². The van der Waals surface area contributed by atoms with E-state index in [-0.39, 0.29) is 24.3 Å². The van der Waals surface area contributed by atoms with Crippen LogP contribution < -0.4 is 10.6 Å².